The summed E-state index contributed by atoms with van der Waals surface area (Å²) in [4.78, 5) is 10.7. The zero-order valence-electron chi connectivity index (χ0n) is 8.99. The van der Waals surface area contributed by atoms with Crippen molar-refractivity contribution in [3.8, 4) is 0 Å². The summed E-state index contributed by atoms with van der Waals surface area (Å²) in [6, 6.07) is 0. The molecule has 2 nitrogen and oxygen atoms in total. The lowest BCUT2D eigenvalue weighted by Gasteiger charge is -2.21. The Balaban J connectivity index is 4.47. The van der Waals surface area contributed by atoms with Crippen LogP contribution >= 0.6 is 0 Å². The van der Waals surface area contributed by atoms with Crippen LogP contribution in [0.5, 0.6) is 0 Å². The van der Waals surface area contributed by atoms with Crippen LogP contribution in [-0.4, -0.2) is 24.9 Å². The van der Waals surface area contributed by atoms with Crippen molar-refractivity contribution in [3.63, 3.8) is 0 Å². The average Bonchev–Trinajstić information content (AvgIpc) is 2.07. The van der Waals surface area contributed by atoms with E-state index in [0.29, 0.717) is 12.8 Å². The standard InChI is InChI=1S/C9H12F6O2/c1-2-3-4-5-17-7(16)6(8(10,11)12)9(13,14)15/h6H,2-5H2,1H3. The van der Waals surface area contributed by atoms with Gasteiger partial charge in [0.1, 0.15) is 0 Å². The fourth-order valence-electron chi connectivity index (χ4n) is 1.06. The molecule has 17 heavy (non-hydrogen) atoms. The predicted molar refractivity (Wildman–Crippen MR) is 46.1 cm³/mol. The van der Waals surface area contributed by atoms with Crippen LogP contribution in [0.3, 0.4) is 0 Å². The molecule has 0 aromatic rings. The van der Waals surface area contributed by atoms with Crippen molar-refractivity contribution in [2.75, 3.05) is 6.61 Å². The summed E-state index contributed by atoms with van der Waals surface area (Å²) in [5, 5.41) is 0. The van der Waals surface area contributed by atoms with Crippen molar-refractivity contribution in [3.05, 3.63) is 0 Å². The summed E-state index contributed by atoms with van der Waals surface area (Å²) < 4.78 is 76.1. The monoisotopic (exact) mass is 266 g/mol. The molecule has 0 aliphatic rings. The van der Waals surface area contributed by atoms with Crippen LogP contribution in [0.25, 0.3) is 0 Å². The Morgan fingerprint density at radius 3 is 1.88 bits per heavy atom. The van der Waals surface area contributed by atoms with Crippen molar-refractivity contribution in [2.24, 2.45) is 5.92 Å². The molecule has 8 heteroatoms. The largest absolute Gasteiger partial charge is 0.465 e. The Morgan fingerprint density at radius 1 is 1.06 bits per heavy atom. The molecule has 0 rings (SSSR count). The molecule has 0 aliphatic carbocycles. The molecular weight excluding hydrogens is 254 g/mol. The average molecular weight is 266 g/mol. The summed E-state index contributed by atoms with van der Waals surface area (Å²) in [5.74, 6) is -6.35. The SMILES string of the molecule is CCCCCOC(=O)C(C(F)(F)F)C(F)(F)F. The molecule has 0 atom stereocenters. The smallest absolute Gasteiger partial charge is 0.411 e. The first-order valence-electron chi connectivity index (χ1n) is 4.90. The quantitative estimate of drug-likeness (QED) is 0.432. The third kappa shape index (κ3) is 5.78. The van der Waals surface area contributed by atoms with Gasteiger partial charge in [0.15, 0.2) is 0 Å². The van der Waals surface area contributed by atoms with Gasteiger partial charge in [-0.3, -0.25) is 4.79 Å². The molecule has 0 spiro atoms. The number of carbonyl (C=O) groups excluding carboxylic acids is 1. The van der Waals surface area contributed by atoms with E-state index in [9.17, 15) is 31.1 Å². The zero-order chi connectivity index (χ0) is 13.7. The van der Waals surface area contributed by atoms with Crippen molar-refractivity contribution in [1.82, 2.24) is 0 Å². The Labute approximate surface area is 93.9 Å². The van der Waals surface area contributed by atoms with E-state index in [-0.39, 0.29) is 6.42 Å². The highest BCUT2D eigenvalue weighted by atomic mass is 19.4. The maximum absolute atomic E-state index is 12.0. The minimum Gasteiger partial charge on any atom is -0.465 e. The molecule has 0 amide bonds. The Kier molecular flexibility index (Phi) is 5.77. The lowest BCUT2D eigenvalue weighted by molar-refractivity contribution is -0.281. The number of carbonyl (C=O) groups is 1. The molecule has 0 unspecified atom stereocenters. The number of hydrogen-bond acceptors (Lipinski definition) is 2. The van der Waals surface area contributed by atoms with Gasteiger partial charge in [-0.2, -0.15) is 26.3 Å². The van der Waals surface area contributed by atoms with Crippen LogP contribution < -0.4 is 0 Å². The van der Waals surface area contributed by atoms with Crippen LogP contribution in [0.15, 0.2) is 0 Å². The number of unbranched alkanes of at least 4 members (excludes halogenated alkanes) is 2. The number of ether oxygens (including phenoxy) is 1. The van der Waals surface area contributed by atoms with E-state index in [0.717, 1.165) is 0 Å². The van der Waals surface area contributed by atoms with Crippen molar-refractivity contribution >= 4 is 5.97 Å². The van der Waals surface area contributed by atoms with Gasteiger partial charge in [0.2, 0.25) is 5.92 Å². The second kappa shape index (κ2) is 6.11. The van der Waals surface area contributed by atoms with Crippen LogP contribution in [0.1, 0.15) is 26.2 Å². The summed E-state index contributed by atoms with van der Waals surface area (Å²) in [6.45, 7) is 1.35. The van der Waals surface area contributed by atoms with Crippen LogP contribution in [0.4, 0.5) is 26.3 Å². The molecule has 0 saturated heterocycles. The van der Waals surface area contributed by atoms with Crippen LogP contribution in [0.2, 0.25) is 0 Å². The van der Waals surface area contributed by atoms with Crippen molar-refractivity contribution in [1.29, 1.82) is 0 Å². The fraction of sp³-hybridized carbons (Fsp3) is 0.889. The molecule has 102 valence electrons. The highest BCUT2D eigenvalue weighted by molar-refractivity contribution is 5.74. The molecule has 0 fully saturated rings. The minimum absolute atomic E-state index is 0.241. The summed E-state index contributed by atoms with van der Waals surface area (Å²) in [5.41, 5.74) is 0. The summed E-state index contributed by atoms with van der Waals surface area (Å²) >= 11 is 0. The molecule has 0 radical (unpaired) electrons. The number of esters is 1. The normalized spacial score (nSPS) is 12.9. The van der Waals surface area contributed by atoms with E-state index in [4.69, 9.17) is 0 Å². The Morgan fingerprint density at radius 2 is 1.53 bits per heavy atom. The van der Waals surface area contributed by atoms with Crippen molar-refractivity contribution in [2.45, 2.75) is 38.5 Å². The van der Waals surface area contributed by atoms with Gasteiger partial charge >= 0.3 is 18.3 Å². The van der Waals surface area contributed by atoms with E-state index in [1.165, 1.54) is 0 Å². The van der Waals surface area contributed by atoms with E-state index in [2.05, 4.69) is 4.74 Å². The lowest BCUT2D eigenvalue weighted by atomic mass is 10.1. The predicted octanol–water partition coefficient (Wildman–Crippen LogP) is 3.46. The second-order valence-corrected chi connectivity index (χ2v) is 3.39. The molecule has 0 aliphatic heterocycles. The van der Waals surface area contributed by atoms with E-state index in [1.807, 2.05) is 0 Å². The highest BCUT2D eigenvalue weighted by Crippen LogP contribution is 2.39. The van der Waals surface area contributed by atoms with Gasteiger partial charge in [0.25, 0.3) is 0 Å². The van der Waals surface area contributed by atoms with Crippen LogP contribution in [-0.2, 0) is 9.53 Å². The van der Waals surface area contributed by atoms with Gasteiger partial charge in [-0.15, -0.1) is 0 Å². The molecule has 0 heterocycles. The summed E-state index contributed by atoms with van der Waals surface area (Å²) in [7, 11) is 0. The topological polar surface area (TPSA) is 26.3 Å². The highest BCUT2D eigenvalue weighted by Gasteiger charge is 2.62. The number of hydrogen-bond donors (Lipinski definition) is 0. The van der Waals surface area contributed by atoms with Crippen LogP contribution in [0, 0.1) is 5.92 Å². The molecule has 0 N–H and O–H groups in total. The van der Waals surface area contributed by atoms with E-state index in [1.54, 1.807) is 6.92 Å². The first kappa shape index (κ1) is 16.1. The first-order valence-corrected chi connectivity index (χ1v) is 4.90. The van der Waals surface area contributed by atoms with Gasteiger partial charge in [-0.25, -0.2) is 0 Å². The van der Waals surface area contributed by atoms with Crippen molar-refractivity contribution < 1.29 is 35.9 Å². The van der Waals surface area contributed by atoms with Gasteiger partial charge in [-0.1, -0.05) is 19.8 Å². The maximum Gasteiger partial charge on any atom is 0.411 e. The minimum atomic E-state index is -5.68. The van der Waals surface area contributed by atoms with Gasteiger partial charge < -0.3 is 4.74 Å². The molecule has 0 saturated carbocycles. The lowest BCUT2D eigenvalue weighted by Crippen LogP contribution is -2.43. The molecule has 0 aromatic carbocycles. The summed E-state index contributed by atoms with van der Waals surface area (Å²) in [6.07, 6.45) is -9.85. The number of alkyl halides is 6. The van der Waals surface area contributed by atoms with Gasteiger partial charge in [0.05, 0.1) is 6.61 Å². The van der Waals surface area contributed by atoms with E-state index >= 15 is 0 Å². The third-order valence-electron chi connectivity index (χ3n) is 1.88. The van der Waals surface area contributed by atoms with Gasteiger partial charge in [-0.05, 0) is 6.42 Å². The number of rotatable bonds is 5. The number of halogens is 6. The fourth-order valence-corrected chi connectivity index (χ4v) is 1.06. The first-order chi connectivity index (χ1) is 7.60. The second-order valence-electron chi connectivity index (χ2n) is 3.39. The molecular formula is C9H12F6O2. The Hall–Kier alpha value is -0.950. The Bertz CT molecular complexity index is 231. The van der Waals surface area contributed by atoms with E-state index < -0.39 is 30.8 Å². The molecule has 0 bridgehead atoms. The molecule has 0 aromatic heterocycles. The zero-order valence-corrected chi connectivity index (χ0v) is 8.99. The maximum atomic E-state index is 12.0. The van der Waals surface area contributed by atoms with Gasteiger partial charge in [0, 0.05) is 0 Å². The third-order valence-corrected chi connectivity index (χ3v) is 1.88.